The fourth-order valence-electron chi connectivity index (χ4n) is 3.05. The summed E-state index contributed by atoms with van der Waals surface area (Å²) in [5, 5.41) is 20.1. The summed E-state index contributed by atoms with van der Waals surface area (Å²) in [7, 11) is 0. The molecule has 7 nitrogen and oxygen atoms in total. The summed E-state index contributed by atoms with van der Waals surface area (Å²) in [6, 6.07) is 16.7. The highest BCUT2D eigenvalue weighted by Crippen LogP contribution is 2.26. The summed E-state index contributed by atoms with van der Waals surface area (Å²) in [5.74, 6) is -1.16. The van der Waals surface area contributed by atoms with E-state index in [-0.39, 0.29) is 36.0 Å². The van der Waals surface area contributed by atoms with Crippen LogP contribution in [0, 0.1) is 15.9 Å². The molecule has 0 saturated heterocycles. The van der Waals surface area contributed by atoms with Crippen LogP contribution in [0.25, 0.3) is 5.57 Å². The lowest BCUT2D eigenvalue weighted by atomic mass is 10.00. The molecule has 0 aliphatic carbocycles. The molecule has 0 saturated carbocycles. The molecule has 0 aliphatic heterocycles. The number of benzene rings is 3. The summed E-state index contributed by atoms with van der Waals surface area (Å²) < 4.78 is 25.4. The maximum absolute atomic E-state index is 14.1. The Balaban J connectivity index is 1.70. The first kappa shape index (κ1) is 22.5. The Bertz CT molecular complexity index is 1160. The van der Waals surface area contributed by atoms with Gasteiger partial charge in [0.15, 0.2) is 0 Å². The molecule has 0 fully saturated rings. The molecular formula is C24H20FNO6. The third-order valence-electron chi connectivity index (χ3n) is 4.62. The van der Waals surface area contributed by atoms with Crippen LogP contribution in [0.4, 0.5) is 10.1 Å². The third-order valence-corrected chi connectivity index (χ3v) is 4.62. The predicted molar refractivity (Wildman–Crippen MR) is 116 cm³/mol. The normalized spacial score (nSPS) is 11.1. The molecule has 3 rings (SSSR count). The minimum absolute atomic E-state index is 0.0283. The fourth-order valence-corrected chi connectivity index (χ4v) is 3.05. The first-order chi connectivity index (χ1) is 15.4. The van der Waals surface area contributed by atoms with E-state index in [4.69, 9.17) is 9.47 Å². The van der Waals surface area contributed by atoms with E-state index in [1.807, 2.05) is 0 Å². The van der Waals surface area contributed by atoms with Crippen LogP contribution >= 0.6 is 0 Å². The molecule has 3 aromatic rings. The van der Waals surface area contributed by atoms with Crippen molar-refractivity contribution in [1.29, 1.82) is 0 Å². The molecule has 8 heteroatoms. The number of nitro benzene ring substituents is 1. The van der Waals surface area contributed by atoms with Crippen molar-refractivity contribution >= 4 is 17.2 Å². The minimum atomic E-state index is -1.05. The Morgan fingerprint density at radius 2 is 1.66 bits per heavy atom. The zero-order valence-electron chi connectivity index (χ0n) is 17.2. The summed E-state index contributed by atoms with van der Waals surface area (Å²) >= 11 is 0. The van der Waals surface area contributed by atoms with Gasteiger partial charge in [-0.15, -0.1) is 0 Å². The quantitative estimate of drug-likeness (QED) is 0.274. The maximum atomic E-state index is 14.1. The molecule has 164 valence electrons. The molecule has 0 radical (unpaired) electrons. The highest BCUT2D eigenvalue weighted by atomic mass is 19.1. The second-order valence-corrected chi connectivity index (χ2v) is 6.79. The number of carboxylic acids is 1. The molecular weight excluding hydrogens is 417 g/mol. The number of hydrogen-bond donors (Lipinski definition) is 1. The first-order valence-corrected chi connectivity index (χ1v) is 9.64. The number of allylic oxidation sites excluding steroid dienone is 1. The Morgan fingerprint density at radius 1 is 1.03 bits per heavy atom. The van der Waals surface area contributed by atoms with Crippen molar-refractivity contribution in [2.75, 3.05) is 0 Å². The van der Waals surface area contributed by atoms with Gasteiger partial charge in [0.1, 0.15) is 30.5 Å². The smallest absolute Gasteiger partial charge is 0.335 e. The number of ether oxygens (including phenoxy) is 2. The second kappa shape index (κ2) is 10.2. The van der Waals surface area contributed by atoms with Crippen LogP contribution in [-0.2, 0) is 18.0 Å². The summed E-state index contributed by atoms with van der Waals surface area (Å²) in [4.78, 5) is 21.7. The number of hydrogen-bond acceptors (Lipinski definition) is 5. The van der Waals surface area contributed by atoms with Gasteiger partial charge in [-0.3, -0.25) is 10.1 Å². The van der Waals surface area contributed by atoms with Crippen molar-refractivity contribution in [1.82, 2.24) is 0 Å². The zero-order chi connectivity index (χ0) is 23.1. The number of carbonyl (C=O) groups is 1. The van der Waals surface area contributed by atoms with Crippen LogP contribution in [0.15, 0.2) is 72.8 Å². The second-order valence-electron chi connectivity index (χ2n) is 6.79. The average Bonchev–Trinajstić information content (AvgIpc) is 2.77. The average molecular weight is 437 g/mol. The third kappa shape index (κ3) is 5.69. The van der Waals surface area contributed by atoms with E-state index in [1.54, 1.807) is 43.3 Å². The van der Waals surface area contributed by atoms with Crippen LogP contribution in [0.1, 0.15) is 23.6 Å². The van der Waals surface area contributed by atoms with E-state index in [9.17, 15) is 24.4 Å². The highest BCUT2D eigenvalue weighted by Gasteiger charge is 2.14. The van der Waals surface area contributed by atoms with Crippen LogP contribution in [0.5, 0.6) is 11.5 Å². The Hall–Kier alpha value is -4.20. The largest absolute Gasteiger partial charge is 0.489 e. The van der Waals surface area contributed by atoms with Crippen LogP contribution < -0.4 is 9.47 Å². The van der Waals surface area contributed by atoms with Crippen LogP contribution in [0.3, 0.4) is 0 Å². The van der Waals surface area contributed by atoms with Crippen molar-refractivity contribution in [3.05, 3.63) is 105 Å². The van der Waals surface area contributed by atoms with Gasteiger partial charge in [-0.25, -0.2) is 9.18 Å². The lowest BCUT2D eigenvalue weighted by Gasteiger charge is -2.13. The number of nitro groups is 1. The highest BCUT2D eigenvalue weighted by molar-refractivity contribution is 6.15. The van der Waals surface area contributed by atoms with Crippen molar-refractivity contribution in [2.24, 2.45) is 0 Å². The van der Waals surface area contributed by atoms with Gasteiger partial charge in [0.25, 0.3) is 5.69 Å². The van der Waals surface area contributed by atoms with Gasteiger partial charge in [0.05, 0.1) is 10.5 Å². The monoisotopic (exact) mass is 437 g/mol. The van der Waals surface area contributed by atoms with Crippen molar-refractivity contribution < 1.29 is 28.7 Å². The standard InChI is InChI=1S/C24H20FNO6/c1-2-22(24(27)28)23-6-4-3-5-17(23)15-32-21-12-18(25)11-20(13-21)31-14-16-7-9-19(10-8-16)26(29)30/h2-13H,14-15H2,1H3,(H,27,28). The van der Waals surface area contributed by atoms with Crippen molar-refractivity contribution in [2.45, 2.75) is 20.1 Å². The summed E-state index contributed by atoms with van der Waals surface area (Å²) in [6.07, 6.45) is 1.51. The van der Waals surface area contributed by atoms with Gasteiger partial charge in [-0.05, 0) is 35.7 Å². The number of halogens is 1. The lowest BCUT2D eigenvalue weighted by molar-refractivity contribution is -0.384. The number of aliphatic carboxylic acids is 1. The molecule has 0 spiro atoms. The van der Waals surface area contributed by atoms with Crippen molar-refractivity contribution in [3.8, 4) is 11.5 Å². The molecule has 0 aliphatic rings. The molecule has 1 N–H and O–H groups in total. The zero-order valence-corrected chi connectivity index (χ0v) is 17.2. The fraction of sp³-hybridized carbons (Fsp3) is 0.125. The van der Waals surface area contributed by atoms with Gasteiger partial charge < -0.3 is 14.6 Å². The number of non-ortho nitro benzene ring substituents is 1. The molecule has 0 aromatic heterocycles. The molecule has 0 bridgehead atoms. The molecule has 0 amide bonds. The number of nitrogens with zero attached hydrogens (tertiary/aromatic N) is 1. The van der Waals surface area contributed by atoms with E-state index < -0.39 is 16.7 Å². The van der Waals surface area contributed by atoms with Gasteiger partial charge >= 0.3 is 5.97 Å². The van der Waals surface area contributed by atoms with E-state index in [2.05, 4.69) is 0 Å². The molecule has 32 heavy (non-hydrogen) atoms. The summed E-state index contributed by atoms with van der Waals surface area (Å²) in [5.41, 5.74) is 1.97. The molecule has 0 unspecified atom stereocenters. The van der Waals surface area contributed by atoms with Gasteiger partial charge in [-0.2, -0.15) is 0 Å². The molecule has 3 aromatic carbocycles. The van der Waals surface area contributed by atoms with Crippen LogP contribution in [0.2, 0.25) is 0 Å². The van der Waals surface area contributed by atoms with E-state index in [0.717, 1.165) is 0 Å². The van der Waals surface area contributed by atoms with E-state index in [1.165, 1.54) is 36.4 Å². The van der Waals surface area contributed by atoms with Crippen molar-refractivity contribution in [3.63, 3.8) is 0 Å². The predicted octanol–water partition coefficient (Wildman–Crippen LogP) is 5.38. The van der Waals surface area contributed by atoms with Crippen LogP contribution in [-0.4, -0.2) is 16.0 Å². The maximum Gasteiger partial charge on any atom is 0.335 e. The van der Waals surface area contributed by atoms with E-state index >= 15 is 0 Å². The Labute approximate surface area is 183 Å². The Morgan fingerprint density at radius 3 is 2.25 bits per heavy atom. The number of carboxylic acid groups (broad SMARTS) is 1. The first-order valence-electron chi connectivity index (χ1n) is 9.64. The summed E-state index contributed by atoms with van der Waals surface area (Å²) in [6.45, 7) is 1.77. The SMILES string of the molecule is CC=C(C(=O)O)c1ccccc1COc1cc(F)cc(OCc2ccc([N+](=O)[O-])cc2)c1. The Kier molecular flexibility index (Phi) is 7.17. The lowest BCUT2D eigenvalue weighted by Crippen LogP contribution is -2.05. The topological polar surface area (TPSA) is 98.9 Å². The molecule has 0 atom stereocenters. The molecule has 0 heterocycles. The van der Waals surface area contributed by atoms with Gasteiger partial charge in [0, 0.05) is 30.3 Å². The number of rotatable bonds is 9. The minimum Gasteiger partial charge on any atom is -0.489 e. The van der Waals surface area contributed by atoms with E-state index in [0.29, 0.717) is 16.7 Å². The van der Waals surface area contributed by atoms with Gasteiger partial charge in [0.2, 0.25) is 0 Å². The van der Waals surface area contributed by atoms with Gasteiger partial charge in [-0.1, -0.05) is 30.3 Å².